The van der Waals surface area contributed by atoms with Gasteiger partial charge in [0, 0.05) is 12.6 Å². The van der Waals surface area contributed by atoms with Gasteiger partial charge in [0.15, 0.2) is 0 Å². The molecule has 0 fully saturated rings. The Balaban J connectivity index is 2.18. The number of methoxy groups -OCH3 is 1. The summed E-state index contributed by atoms with van der Waals surface area (Å²) in [6.45, 7) is 3.97. The van der Waals surface area contributed by atoms with Crippen molar-refractivity contribution in [1.82, 2.24) is 4.90 Å². The third-order valence-corrected chi connectivity index (χ3v) is 4.24. The number of esters is 1. The smallest absolute Gasteiger partial charge is 0.337 e. The van der Waals surface area contributed by atoms with Crippen LogP contribution in [0.2, 0.25) is 5.02 Å². The van der Waals surface area contributed by atoms with Gasteiger partial charge in [-0.15, -0.1) is 0 Å². The number of carbonyl (C=O) groups is 3. The number of carbonyl (C=O) groups excluding carboxylic acids is 3. The van der Waals surface area contributed by atoms with Crippen molar-refractivity contribution in [1.29, 1.82) is 0 Å². The summed E-state index contributed by atoms with van der Waals surface area (Å²) >= 11 is 6.07. The van der Waals surface area contributed by atoms with Gasteiger partial charge in [-0.2, -0.15) is 0 Å². The maximum Gasteiger partial charge on any atom is 0.337 e. The summed E-state index contributed by atoms with van der Waals surface area (Å²) in [7, 11) is 1.25. The second-order valence-corrected chi connectivity index (χ2v) is 6.56. The van der Waals surface area contributed by atoms with Crippen LogP contribution in [0, 0.1) is 0 Å². The van der Waals surface area contributed by atoms with E-state index in [-0.39, 0.29) is 22.3 Å². The minimum atomic E-state index is -0.830. The maximum atomic E-state index is 12.7. The molecule has 0 aliphatic carbocycles. The van der Waals surface area contributed by atoms with Crippen LogP contribution >= 0.6 is 11.6 Å². The quantitative estimate of drug-likeness (QED) is 0.628. The van der Waals surface area contributed by atoms with Crippen molar-refractivity contribution in [2.24, 2.45) is 0 Å². The molecule has 2 aromatic rings. The van der Waals surface area contributed by atoms with Crippen molar-refractivity contribution in [2.75, 3.05) is 12.4 Å². The Bertz CT molecular complexity index is 837. The highest BCUT2D eigenvalue weighted by Crippen LogP contribution is 2.23. The molecule has 0 radical (unpaired) electrons. The molecule has 0 heterocycles. The van der Waals surface area contributed by atoms with Crippen molar-refractivity contribution in [2.45, 2.75) is 26.4 Å². The summed E-state index contributed by atoms with van der Waals surface area (Å²) in [5.41, 5.74) is 1.30. The van der Waals surface area contributed by atoms with E-state index in [1.165, 1.54) is 30.2 Å². The average Bonchev–Trinajstić information content (AvgIpc) is 2.67. The molecule has 7 heteroatoms. The summed E-state index contributed by atoms with van der Waals surface area (Å²) < 4.78 is 4.65. The minimum absolute atomic E-state index is 0.168. The van der Waals surface area contributed by atoms with Gasteiger partial charge in [-0.3, -0.25) is 9.59 Å². The van der Waals surface area contributed by atoms with Crippen molar-refractivity contribution < 1.29 is 19.1 Å². The number of rotatable bonds is 5. The Morgan fingerprint density at radius 3 is 2.37 bits per heavy atom. The van der Waals surface area contributed by atoms with Crippen LogP contribution in [-0.4, -0.2) is 35.8 Å². The fourth-order valence-electron chi connectivity index (χ4n) is 2.44. The topological polar surface area (TPSA) is 75.7 Å². The molecule has 0 atom stereocenters. The van der Waals surface area contributed by atoms with Crippen LogP contribution < -0.4 is 5.32 Å². The van der Waals surface area contributed by atoms with Crippen LogP contribution in [0.25, 0.3) is 0 Å². The monoisotopic (exact) mass is 388 g/mol. The molecule has 0 unspecified atom stereocenters. The van der Waals surface area contributed by atoms with Gasteiger partial charge in [0.1, 0.15) is 0 Å². The molecule has 2 rings (SSSR count). The van der Waals surface area contributed by atoms with Crippen LogP contribution in [0.5, 0.6) is 0 Å². The molecule has 2 aromatic carbocycles. The van der Waals surface area contributed by atoms with E-state index in [4.69, 9.17) is 11.6 Å². The highest BCUT2D eigenvalue weighted by molar-refractivity contribution is 6.41. The minimum Gasteiger partial charge on any atom is -0.465 e. The van der Waals surface area contributed by atoms with Crippen LogP contribution in [0.15, 0.2) is 48.5 Å². The molecule has 0 saturated carbocycles. The molecular formula is C20H21ClN2O4. The van der Waals surface area contributed by atoms with Crippen molar-refractivity contribution in [3.8, 4) is 0 Å². The molecule has 27 heavy (non-hydrogen) atoms. The molecule has 0 bridgehead atoms. The number of hydrogen-bond acceptors (Lipinski definition) is 4. The fraction of sp³-hybridized carbons (Fsp3) is 0.250. The van der Waals surface area contributed by atoms with Gasteiger partial charge in [-0.05, 0) is 37.6 Å². The number of benzene rings is 2. The molecule has 0 aliphatic rings. The van der Waals surface area contributed by atoms with E-state index in [2.05, 4.69) is 10.1 Å². The lowest BCUT2D eigenvalue weighted by atomic mass is 10.1. The third kappa shape index (κ3) is 5.31. The van der Waals surface area contributed by atoms with E-state index in [1.807, 2.05) is 44.2 Å². The fourth-order valence-corrected chi connectivity index (χ4v) is 2.61. The summed E-state index contributed by atoms with van der Waals surface area (Å²) in [6, 6.07) is 13.5. The third-order valence-electron chi connectivity index (χ3n) is 3.91. The Hall–Kier alpha value is -2.86. The van der Waals surface area contributed by atoms with Crippen molar-refractivity contribution in [3.05, 3.63) is 64.7 Å². The number of anilines is 1. The largest absolute Gasteiger partial charge is 0.465 e. The zero-order valence-electron chi connectivity index (χ0n) is 15.4. The standard InChI is InChI=1S/C20H21ClN2O4/c1-13(2)23(12-14-7-5-4-6-8-14)19(25)18(24)22-17-11-15(20(26)27-3)9-10-16(17)21/h4-11,13H,12H2,1-3H3,(H,22,24). The molecule has 0 saturated heterocycles. The predicted molar refractivity (Wildman–Crippen MR) is 104 cm³/mol. The molecule has 0 aromatic heterocycles. The summed E-state index contributed by atoms with van der Waals surface area (Å²) in [5.74, 6) is -2.08. The zero-order chi connectivity index (χ0) is 20.0. The molecule has 2 amide bonds. The number of nitrogens with zero attached hydrogens (tertiary/aromatic N) is 1. The first kappa shape index (κ1) is 20.5. The molecule has 142 valence electrons. The Morgan fingerprint density at radius 2 is 1.78 bits per heavy atom. The molecule has 6 nitrogen and oxygen atoms in total. The number of nitrogens with one attached hydrogen (secondary N) is 1. The zero-order valence-corrected chi connectivity index (χ0v) is 16.1. The number of amides is 2. The van der Waals surface area contributed by atoms with Gasteiger partial charge >= 0.3 is 17.8 Å². The van der Waals surface area contributed by atoms with E-state index < -0.39 is 17.8 Å². The Morgan fingerprint density at radius 1 is 1.11 bits per heavy atom. The van der Waals surface area contributed by atoms with E-state index in [0.717, 1.165) is 5.56 Å². The van der Waals surface area contributed by atoms with Gasteiger partial charge < -0.3 is 15.0 Å². The lowest BCUT2D eigenvalue weighted by molar-refractivity contribution is -0.144. The van der Waals surface area contributed by atoms with Gasteiger partial charge in [0.25, 0.3) is 0 Å². The molecule has 0 aliphatic heterocycles. The highest BCUT2D eigenvalue weighted by Gasteiger charge is 2.25. The van der Waals surface area contributed by atoms with Crippen molar-refractivity contribution >= 4 is 35.1 Å². The first-order valence-electron chi connectivity index (χ1n) is 8.37. The lowest BCUT2D eigenvalue weighted by Gasteiger charge is -2.26. The van der Waals surface area contributed by atoms with Crippen LogP contribution in [-0.2, 0) is 20.9 Å². The van der Waals surface area contributed by atoms with E-state index in [1.54, 1.807) is 0 Å². The van der Waals surface area contributed by atoms with Gasteiger partial charge in [-0.1, -0.05) is 41.9 Å². The van der Waals surface area contributed by atoms with Crippen LogP contribution in [0.1, 0.15) is 29.8 Å². The van der Waals surface area contributed by atoms with Crippen LogP contribution in [0.3, 0.4) is 0 Å². The summed E-state index contributed by atoms with van der Waals surface area (Å²) in [4.78, 5) is 38.2. The Labute approximate surface area is 163 Å². The molecular weight excluding hydrogens is 368 g/mol. The SMILES string of the molecule is COC(=O)c1ccc(Cl)c(NC(=O)C(=O)N(Cc2ccccc2)C(C)C)c1. The number of ether oxygens (including phenoxy) is 1. The average molecular weight is 389 g/mol. The first-order valence-corrected chi connectivity index (χ1v) is 8.75. The van der Waals surface area contributed by atoms with E-state index in [9.17, 15) is 14.4 Å². The number of hydrogen-bond donors (Lipinski definition) is 1. The Kier molecular flexibility index (Phi) is 6.96. The van der Waals surface area contributed by atoms with Gasteiger partial charge in [0.2, 0.25) is 0 Å². The molecule has 0 spiro atoms. The maximum absolute atomic E-state index is 12.7. The predicted octanol–water partition coefficient (Wildman–Crippen LogP) is 3.50. The lowest BCUT2D eigenvalue weighted by Crippen LogP contribution is -2.43. The van der Waals surface area contributed by atoms with Crippen molar-refractivity contribution in [3.63, 3.8) is 0 Å². The second kappa shape index (κ2) is 9.19. The van der Waals surface area contributed by atoms with Crippen LogP contribution in [0.4, 0.5) is 5.69 Å². The van der Waals surface area contributed by atoms with E-state index in [0.29, 0.717) is 6.54 Å². The summed E-state index contributed by atoms with van der Waals surface area (Å²) in [6.07, 6.45) is 0. The highest BCUT2D eigenvalue weighted by atomic mass is 35.5. The van der Waals surface area contributed by atoms with Gasteiger partial charge in [0.05, 0.1) is 23.4 Å². The molecule has 1 N–H and O–H groups in total. The number of halogens is 1. The summed E-state index contributed by atoms with van der Waals surface area (Å²) in [5, 5.41) is 2.69. The second-order valence-electron chi connectivity index (χ2n) is 6.15. The van der Waals surface area contributed by atoms with Gasteiger partial charge in [-0.25, -0.2) is 4.79 Å². The van der Waals surface area contributed by atoms with E-state index >= 15 is 0 Å². The normalized spacial score (nSPS) is 10.4. The first-order chi connectivity index (χ1) is 12.8.